The molecule has 0 aromatic heterocycles. The van der Waals surface area contributed by atoms with Gasteiger partial charge in [0.05, 0.1) is 6.61 Å². The lowest BCUT2D eigenvalue weighted by molar-refractivity contribution is -0.161. The molecule has 0 amide bonds. The fourth-order valence-corrected chi connectivity index (χ4v) is 12.5. The van der Waals surface area contributed by atoms with Gasteiger partial charge in [0.2, 0.25) is 0 Å². The quantitative estimate of drug-likeness (QED) is 0.0373. The number of aliphatic hydroxyl groups is 1. The van der Waals surface area contributed by atoms with Crippen LogP contribution >= 0.6 is 0 Å². The standard InChI is InChI=1S/C81H154O5/c1-3-5-7-9-11-13-15-17-19-21-23-25-27-29-31-33-35-37-39-40-42-43-45-47-49-51-53-55-57-59-61-63-65-67-69-71-73-75-80(83)85-78-79(77-82)86-81(84)76-74-72-70-68-66-64-62-60-58-56-54-52-50-48-46-44-41-38-36-34-32-30-28-26-24-22-20-18-16-14-12-10-8-6-4-2/h16,18,21-24,79,82H,3-15,17,19-20,25-78H2,1-2H3/b18-16-,23-21-,24-22-. The first-order valence-electron chi connectivity index (χ1n) is 39.5. The number of hydrogen-bond acceptors (Lipinski definition) is 5. The van der Waals surface area contributed by atoms with Gasteiger partial charge in [-0.3, -0.25) is 9.59 Å². The highest BCUT2D eigenvalue weighted by Crippen LogP contribution is 2.20. The molecule has 5 heteroatoms. The molecule has 508 valence electrons. The minimum atomic E-state index is -0.770. The number of ether oxygens (including phenoxy) is 2. The number of carbonyl (C=O) groups is 2. The second-order valence-corrected chi connectivity index (χ2v) is 27.1. The third-order valence-electron chi connectivity index (χ3n) is 18.4. The summed E-state index contributed by atoms with van der Waals surface area (Å²) in [5.74, 6) is -0.561. The highest BCUT2D eigenvalue weighted by Gasteiger charge is 2.16. The zero-order chi connectivity index (χ0) is 61.9. The first-order valence-corrected chi connectivity index (χ1v) is 39.5. The maximum absolute atomic E-state index is 12.4. The molecule has 0 aliphatic heterocycles. The highest BCUT2D eigenvalue weighted by molar-refractivity contribution is 5.70. The molecular formula is C81H154O5. The van der Waals surface area contributed by atoms with Crippen molar-refractivity contribution in [3.8, 4) is 0 Å². The summed E-state index contributed by atoms with van der Waals surface area (Å²) in [7, 11) is 0. The first kappa shape index (κ1) is 84.1. The van der Waals surface area contributed by atoms with Gasteiger partial charge in [0.25, 0.3) is 0 Å². The van der Waals surface area contributed by atoms with Gasteiger partial charge in [0.15, 0.2) is 6.10 Å². The third-order valence-corrected chi connectivity index (χ3v) is 18.4. The van der Waals surface area contributed by atoms with Crippen molar-refractivity contribution in [3.63, 3.8) is 0 Å². The van der Waals surface area contributed by atoms with Crippen molar-refractivity contribution in [1.29, 1.82) is 0 Å². The first-order chi connectivity index (χ1) is 42.6. The van der Waals surface area contributed by atoms with E-state index in [0.717, 1.165) is 38.5 Å². The van der Waals surface area contributed by atoms with Crippen molar-refractivity contribution in [3.05, 3.63) is 36.5 Å². The van der Waals surface area contributed by atoms with Crippen LogP contribution in [0.3, 0.4) is 0 Å². The van der Waals surface area contributed by atoms with E-state index in [2.05, 4.69) is 50.3 Å². The summed E-state index contributed by atoms with van der Waals surface area (Å²) in [5, 5.41) is 9.73. The van der Waals surface area contributed by atoms with E-state index >= 15 is 0 Å². The van der Waals surface area contributed by atoms with E-state index in [0.29, 0.717) is 12.8 Å². The molecule has 1 atom stereocenters. The van der Waals surface area contributed by atoms with Crippen LogP contribution in [0.2, 0.25) is 0 Å². The van der Waals surface area contributed by atoms with Gasteiger partial charge in [-0.2, -0.15) is 0 Å². The maximum Gasteiger partial charge on any atom is 0.306 e. The van der Waals surface area contributed by atoms with Gasteiger partial charge in [-0.25, -0.2) is 0 Å². The van der Waals surface area contributed by atoms with Crippen LogP contribution in [0.5, 0.6) is 0 Å². The van der Waals surface area contributed by atoms with E-state index in [1.54, 1.807) is 0 Å². The lowest BCUT2D eigenvalue weighted by atomic mass is 10.0. The Morgan fingerprint density at radius 3 is 0.698 bits per heavy atom. The van der Waals surface area contributed by atoms with Gasteiger partial charge in [-0.05, 0) is 70.6 Å². The van der Waals surface area contributed by atoms with Gasteiger partial charge in [-0.15, -0.1) is 0 Å². The van der Waals surface area contributed by atoms with Crippen molar-refractivity contribution >= 4 is 11.9 Å². The SMILES string of the molecule is CCCCCCC/C=C\C/C=C\CCCCCCCCCCCCCCCCCCCCCCCCCC(=O)OC(CO)COC(=O)CCCCCCCCCCCCCCCCCCCCCCCCCCC/C=C\CCCCCCCCCC. The molecule has 0 aliphatic carbocycles. The molecule has 0 aromatic rings. The van der Waals surface area contributed by atoms with E-state index in [-0.39, 0.29) is 25.2 Å². The number of aliphatic hydroxyl groups excluding tert-OH is 1. The zero-order valence-corrected chi connectivity index (χ0v) is 58.6. The Morgan fingerprint density at radius 2 is 0.465 bits per heavy atom. The van der Waals surface area contributed by atoms with E-state index < -0.39 is 6.10 Å². The number of allylic oxidation sites excluding steroid dienone is 6. The van der Waals surface area contributed by atoms with E-state index in [4.69, 9.17) is 9.47 Å². The van der Waals surface area contributed by atoms with Crippen LogP contribution in [0.15, 0.2) is 36.5 Å². The Hall–Kier alpha value is -1.88. The Labute approximate surface area is 539 Å². The van der Waals surface area contributed by atoms with E-state index in [1.807, 2.05) is 0 Å². The van der Waals surface area contributed by atoms with Crippen molar-refractivity contribution in [1.82, 2.24) is 0 Å². The fourth-order valence-electron chi connectivity index (χ4n) is 12.5. The fraction of sp³-hybridized carbons (Fsp3) is 0.901. The molecule has 5 nitrogen and oxygen atoms in total. The molecule has 0 spiro atoms. The molecule has 0 fully saturated rings. The Morgan fingerprint density at radius 1 is 0.267 bits per heavy atom. The minimum absolute atomic E-state index is 0.0580. The summed E-state index contributed by atoms with van der Waals surface area (Å²) in [5.41, 5.74) is 0. The van der Waals surface area contributed by atoms with Crippen LogP contribution in [0.4, 0.5) is 0 Å². The van der Waals surface area contributed by atoms with Crippen LogP contribution in [0, 0.1) is 0 Å². The molecule has 0 bridgehead atoms. The smallest absolute Gasteiger partial charge is 0.306 e. The minimum Gasteiger partial charge on any atom is -0.462 e. The van der Waals surface area contributed by atoms with Crippen molar-refractivity contribution in [2.24, 2.45) is 0 Å². The molecule has 1 N–H and O–H groups in total. The van der Waals surface area contributed by atoms with Crippen LogP contribution in [-0.2, 0) is 19.1 Å². The number of carbonyl (C=O) groups excluding carboxylic acids is 2. The second kappa shape index (κ2) is 77.4. The van der Waals surface area contributed by atoms with Gasteiger partial charge < -0.3 is 14.6 Å². The highest BCUT2D eigenvalue weighted by atomic mass is 16.6. The Kier molecular flexibility index (Phi) is 75.7. The van der Waals surface area contributed by atoms with Gasteiger partial charge >= 0.3 is 11.9 Å². The second-order valence-electron chi connectivity index (χ2n) is 27.1. The summed E-state index contributed by atoms with van der Waals surface area (Å²) in [4.78, 5) is 24.7. The molecular weight excluding hydrogens is 1050 g/mol. The lowest BCUT2D eigenvalue weighted by Gasteiger charge is -2.15. The normalized spacial score (nSPS) is 12.3. The number of esters is 2. The summed E-state index contributed by atoms with van der Waals surface area (Å²) in [6, 6.07) is 0. The van der Waals surface area contributed by atoms with Crippen LogP contribution < -0.4 is 0 Å². The van der Waals surface area contributed by atoms with Crippen LogP contribution in [-0.4, -0.2) is 36.4 Å². The van der Waals surface area contributed by atoms with Gasteiger partial charge in [0.1, 0.15) is 6.61 Å². The third kappa shape index (κ3) is 74.6. The van der Waals surface area contributed by atoms with Crippen molar-refractivity contribution in [2.45, 2.75) is 457 Å². The molecule has 0 aliphatic rings. The van der Waals surface area contributed by atoms with E-state index in [9.17, 15) is 14.7 Å². The molecule has 0 rings (SSSR count). The monoisotopic (exact) mass is 1210 g/mol. The van der Waals surface area contributed by atoms with Gasteiger partial charge in [0, 0.05) is 12.8 Å². The summed E-state index contributed by atoms with van der Waals surface area (Å²) in [6.07, 6.45) is 104. The van der Waals surface area contributed by atoms with Crippen molar-refractivity contribution < 1.29 is 24.2 Å². The van der Waals surface area contributed by atoms with Crippen LogP contribution in [0.25, 0.3) is 0 Å². The van der Waals surface area contributed by atoms with Gasteiger partial charge in [-0.1, -0.05) is 403 Å². The molecule has 0 heterocycles. The Balaban J connectivity index is 3.36. The molecule has 0 saturated carbocycles. The summed E-state index contributed by atoms with van der Waals surface area (Å²) < 4.78 is 10.8. The molecule has 86 heavy (non-hydrogen) atoms. The average molecular weight is 1210 g/mol. The molecule has 1 unspecified atom stereocenters. The largest absolute Gasteiger partial charge is 0.462 e. The van der Waals surface area contributed by atoms with Crippen LogP contribution in [0.1, 0.15) is 450 Å². The van der Waals surface area contributed by atoms with Crippen molar-refractivity contribution in [2.75, 3.05) is 13.2 Å². The number of hydrogen-bond donors (Lipinski definition) is 1. The predicted molar refractivity (Wildman–Crippen MR) is 381 cm³/mol. The predicted octanol–water partition coefficient (Wildman–Crippen LogP) is 27.7. The summed E-state index contributed by atoms with van der Waals surface area (Å²) >= 11 is 0. The topological polar surface area (TPSA) is 72.8 Å². The number of unbranched alkanes of at least 4 members (excludes halogenated alkanes) is 61. The zero-order valence-electron chi connectivity index (χ0n) is 58.6. The number of rotatable bonds is 75. The average Bonchev–Trinajstić information content (AvgIpc) is 3.55. The lowest BCUT2D eigenvalue weighted by Crippen LogP contribution is -2.28. The maximum atomic E-state index is 12.4. The Bertz CT molecular complexity index is 1370. The molecule has 0 saturated heterocycles. The summed E-state index contributed by atoms with van der Waals surface area (Å²) in [6.45, 7) is 4.20. The molecule has 0 radical (unpaired) electrons. The van der Waals surface area contributed by atoms with E-state index in [1.165, 1.54) is 385 Å². The molecule has 0 aromatic carbocycles.